The molecule has 0 amide bonds. The van der Waals surface area contributed by atoms with Crippen molar-refractivity contribution in [1.29, 1.82) is 0 Å². The number of fused-ring (bicyclic) bond motifs is 2. The zero-order chi connectivity index (χ0) is 16.6. The van der Waals surface area contributed by atoms with Gasteiger partial charge in [-0.1, -0.05) is 82.1 Å². The summed E-state index contributed by atoms with van der Waals surface area (Å²) in [5, 5.41) is 0. The predicted molar refractivity (Wildman–Crippen MR) is 103 cm³/mol. The number of hydrogen-bond acceptors (Lipinski definition) is 1. The highest BCUT2D eigenvalue weighted by atomic mass is 79.9. The average molecular weight is 434 g/mol. The first-order chi connectivity index (χ1) is 11.0. The third-order valence-electron chi connectivity index (χ3n) is 4.44. The lowest BCUT2D eigenvalue weighted by Crippen LogP contribution is -1.89. The van der Waals surface area contributed by atoms with Gasteiger partial charge in [-0.15, -0.1) is 0 Å². The van der Waals surface area contributed by atoms with Crippen molar-refractivity contribution in [3.63, 3.8) is 0 Å². The van der Waals surface area contributed by atoms with E-state index in [0.29, 0.717) is 18.3 Å². The fourth-order valence-corrected chi connectivity index (χ4v) is 4.79. The lowest BCUT2D eigenvalue weighted by molar-refractivity contribution is 0.0990. The van der Waals surface area contributed by atoms with Crippen molar-refractivity contribution >= 4 is 43.7 Å². The van der Waals surface area contributed by atoms with Gasteiger partial charge in [-0.3, -0.25) is 4.79 Å². The molecule has 0 saturated heterocycles. The van der Waals surface area contributed by atoms with E-state index in [1.54, 1.807) is 0 Å². The van der Waals surface area contributed by atoms with Gasteiger partial charge in [0.1, 0.15) is 0 Å². The highest BCUT2D eigenvalue weighted by Gasteiger charge is 2.27. The summed E-state index contributed by atoms with van der Waals surface area (Å²) in [5.41, 5.74) is 4.86. The molecular weight excluding hydrogens is 416 g/mol. The number of benzene rings is 2. The van der Waals surface area contributed by atoms with E-state index in [1.165, 1.54) is 21.2 Å². The Bertz CT molecular complexity index is 792. The normalized spacial score (nSPS) is 20.8. The van der Waals surface area contributed by atoms with E-state index in [2.05, 4.69) is 76.1 Å². The number of halogens is 2. The Kier molecular flexibility index (Phi) is 4.88. The van der Waals surface area contributed by atoms with Crippen LogP contribution >= 0.6 is 31.9 Å². The van der Waals surface area contributed by atoms with E-state index in [1.807, 2.05) is 18.2 Å². The van der Waals surface area contributed by atoms with Crippen LogP contribution in [0.25, 0.3) is 6.08 Å². The van der Waals surface area contributed by atoms with Crippen LogP contribution in [0.5, 0.6) is 0 Å². The van der Waals surface area contributed by atoms with Crippen LogP contribution in [-0.2, 0) is 0 Å². The third-order valence-corrected chi connectivity index (χ3v) is 5.83. The van der Waals surface area contributed by atoms with Crippen molar-refractivity contribution in [1.82, 2.24) is 0 Å². The minimum Gasteiger partial charge on any atom is -0.294 e. The Morgan fingerprint density at radius 2 is 1.61 bits per heavy atom. The molecule has 0 bridgehead atoms. The van der Waals surface area contributed by atoms with E-state index in [0.717, 1.165) is 10.0 Å². The number of carbonyl (C=O) groups excluding carboxylic acids is 1. The maximum Gasteiger partial charge on any atom is 0.163 e. The van der Waals surface area contributed by atoms with Crippen molar-refractivity contribution in [3.8, 4) is 0 Å². The van der Waals surface area contributed by atoms with E-state index in [4.69, 9.17) is 0 Å². The quantitative estimate of drug-likeness (QED) is 0.450. The molecule has 2 unspecified atom stereocenters. The molecule has 0 aromatic heterocycles. The molecule has 2 atom stereocenters. The molecule has 0 N–H and O–H groups in total. The molecule has 118 valence electrons. The Balaban J connectivity index is 0.000000136. The summed E-state index contributed by atoms with van der Waals surface area (Å²) >= 11 is 7.01. The van der Waals surface area contributed by atoms with Gasteiger partial charge >= 0.3 is 0 Å². The first-order valence-corrected chi connectivity index (χ1v) is 9.36. The lowest BCUT2D eigenvalue weighted by Gasteiger charge is -2.06. The molecule has 0 saturated carbocycles. The number of carbonyl (C=O) groups is 1. The second-order valence-electron chi connectivity index (χ2n) is 6.12. The van der Waals surface area contributed by atoms with E-state index in [-0.39, 0.29) is 5.78 Å². The van der Waals surface area contributed by atoms with Crippen LogP contribution < -0.4 is 0 Å². The maximum absolute atomic E-state index is 11.4. The van der Waals surface area contributed by atoms with Crippen molar-refractivity contribution in [3.05, 3.63) is 73.7 Å². The van der Waals surface area contributed by atoms with Gasteiger partial charge in [0.05, 0.1) is 0 Å². The third kappa shape index (κ3) is 3.22. The molecule has 1 nitrogen and oxygen atoms in total. The molecule has 4 rings (SSSR count). The summed E-state index contributed by atoms with van der Waals surface area (Å²) in [6.45, 7) is 4.31. The number of hydrogen-bond donors (Lipinski definition) is 0. The zero-order valence-corrected chi connectivity index (χ0v) is 16.3. The van der Waals surface area contributed by atoms with E-state index in [9.17, 15) is 4.79 Å². The number of Topliss-reactive ketones (excluding diaryl/α,β-unsaturated/α-hetero) is 1. The second kappa shape index (κ2) is 6.74. The minimum absolute atomic E-state index is 0.277. The van der Waals surface area contributed by atoms with Gasteiger partial charge in [0, 0.05) is 26.8 Å². The zero-order valence-electron chi connectivity index (χ0n) is 13.1. The fraction of sp³-hybridized carbons (Fsp3) is 0.250. The first kappa shape index (κ1) is 16.7. The Morgan fingerprint density at radius 1 is 0.957 bits per heavy atom. The van der Waals surface area contributed by atoms with E-state index < -0.39 is 0 Å². The summed E-state index contributed by atoms with van der Waals surface area (Å²) in [6.07, 6.45) is 5.08. The highest BCUT2D eigenvalue weighted by molar-refractivity contribution is 9.10. The molecule has 0 aliphatic heterocycles. The lowest BCUT2D eigenvalue weighted by atomic mass is 10.0. The summed E-state index contributed by atoms with van der Waals surface area (Å²) in [5.74, 6) is 1.22. The Labute approximate surface area is 154 Å². The molecule has 0 radical (unpaired) electrons. The van der Waals surface area contributed by atoms with Crippen LogP contribution in [0.2, 0.25) is 0 Å². The van der Waals surface area contributed by atoms with Gasteiger partial charge in [-0.2, -0.15) is 0 Å². The summed E-state index contributed by atoms with van der Waals surface area (Å²) in [6, 6.07) is 12.1. The van der Waals surface area contributed by atoms with Crippen LogP contribution in [0.4, 0.5) is 0 Å². The fourth-order valence-electron chi connectivity index (χ4n) is 3.29. The molecule has 2 aliphatic carbocycles. The van der Waals surface area contributed by atoms with Crippen molar-refractivity contribution < 1.29 is 4.79 Å². The summed E-state index contributed by atoms with van der Waals surface area (Å²) in [4.78, 5) is 11.4. The van der Waals surface area contributed by atoms with Crippen LogP contribution in [-0.4, -0.2) is 5.78 Å². The van der Waals surface area contributed by atoms with Gasteiger partial charge in [0.15, 0.2) is 5.78 Å². The van der Waals surface area contributed by atoms with Crippen LogP contribution in [0.1, 0.15) is 59.2 Å². The molecule has 0 heterocycles. The van der Waals surface area contributed by atoms with Gasteiger partial charge < -0.3 is 0 Å². The molecule has 3 heteroatoms. The summed E-state index contributed by atoms with van der Waals surface area (Å²) < 4.78 is 2.30. The monoisotopic (exact) mass is 432 g/mol. The molecule has 0 spiro atoms. The standard InChI is InChI=1S/C10H9BrO.C10H9Br/c1-6-5-9(12)7-3-2-4-8(11)10(6)7;1-7-5-6-8-3-2-4-9(11)10(7)8/h2-4,6H,5H2,1H3;2-7H,1H3. The Hall–Kier alpha value is -1.19. The van der Waals surface area contributed by atoms with E-state index >= 15 is 0 Å². The minimum atomic E-state index is 0.277. The van der Waals surface area contributed by atoms with Crippen molar-refractivity contribution in [2.24, 2.45) is 0 Å². The van der Waals surface area contributed by atoms with Crippen LogP contribution in [0, 0.1) is 0 Å². The van der Waals surface area contributed by atoms with Crippen LogP contribution in [0.15, 0.2) is 51.4 Å². The van der Waals surface area contributed by atoms with Gasteiger partial charge in [-0.05, 0) is 34.7 Å². The SMILES string of the molecule is CC1C=Cc2cccc(Br)c21.CC1CC(=O)c2cccc(Br)c21. The topological polar surface area (TPSA) is 17.1 Å². The predicted octanol–water partition coefficient (Wildman–Crippen LogP) is 6.72. The smallest absolute Gasteiger partial charge is 0.163 e. The molecule has 2 aromatic rings. The van der Waals surface area contributed by atoms with Crippen LogP contribution in [0.3, 0.4) is 0 Å². The first-order valence-electron chi connectivity index (χ1n) is 7.77. The highest BCUT2D eigenvalue weighted by Crippen LogP contribution is 2.37. The molecule has 23 heavy (non-hydrogen) atoms. The summed E-state index contributed by atoms with van der Waals surface area (Å²) in [7, 11) is 0. The molecule has 2 aromatic carbocycles. The average Bonchev–Trinajstić information content (AvgIpc) is 3.03. The maximum atomic E-state index is 11.4. The molecule has 0 fully saturated rings. The van der Waals surface area contributed by atoms with Gasteiger partial charge in [0.2, 0.25) is 0 Å². The number of allylic oxidation sites excluding steroid dienone is 1. The van der Waals surface area contributed by atoms with Crippen molar-refractivity contribution in [2.45, 2.75) is 32.1 Å². The largest absolute Gasteiger partial charge is 0.294 e. The molecule has 2 aliphatic rings. The van der Waals surface area contributed by atoms with Gasteiger partial charge in [-0.25, -0.2) is 0 Å². The number of ketones is 1. The molecular formula is C20H18Br2O. The van der Waals surface area contributed by atoms with Gasteiger partial charge in [0.25, 0.3) is 0 Å². The number of rotatable bonds is 0. The van der Waals surface area contributed by atoms with Crippen molar-refractivity contribution in [2.75, 3.05) is 0 Å². The Morgan fingerprint density at radius 3 is 2.26 bits per heavy atom. The second-order valence-corrected chi connectivity index (χ2v) is 7.83.